The average molecular weight is 195 g/mol. The van der Waals surface area contributed by atoms with E-state index in [1.54, 1.807) is 0 Å². The lowest BCUT2D eigenvalue weighted by molar-refractivity contribution is -0.475. The number of rotatable bonds is 1. The molecule has 0 aromatic carbocycles. The molecule has 0 N–H and O–H groups in total. The molecule has 0 radical (unpaired) electrons. The molecule has 0 atom stereocenters. The first kappa shape index (κ1) is 11.4. The molecule has 0 amide bonds. The van der Waals surface area contributed by atoms with E-state index in [1.165, 1.54) is 6.92 Å². The molecule has 0 aromatic rings. The molecule has 0 aromatic heterocycles. The summed E-state index contributed by atoms with van der Waals surface area (Å²) in [6.45, 7) is 1.53. The Bertz CT molecular complexity index is 222. The van der Waals surface area contributed by atoms with Gasteiger partial charge in [0.05, 0.1) is 11.5 Å². The molecular formula is C6H13NO4S. The molecule has 6 heteroatoms. The van der Waals surface area contributed by atoms with Gasteiger partial charge in [0.1, 0.15) is 9.84 Å². The van der Waals surface area contributed by atoms with E-state index in [2.05, 4.69) is 0 Å². The first-order chi connectivity index (χ1) is 5.48. The van der Waals surface area contributed by atoms with Crippen molar-refractivity contribution in [3.8, 4) is 0 Å². The fourth-order valence-electron chi connectivity index (χ4n) is 0.746. The van der Waals surface area contributed by atoms with Crippen LogP contribution in [0.2, 0.25) is 0 Å². The standard InChI is InChI=1S/C4H8O2S.C2H5NO2/c5-7(6)3-1-2-4-7;1-2-3(4)5/h1-4H2;2H2,1H3. The van der Waals surface area contributed by atoms with Crippen LogP contribution in [-0.2, 0) is 9.84 Å². The minimum absolute atomic E-state index is 0.0278. The van der Waals surface area contributed by atoms with Crippen molar-refractivity contribution in [3.05, 3.63) is 10.1 Å². The molecule has 1 heterocycles. The van der Waals surface area contributed by atoms with Crippen LogP contribution in [0.5, 0.6) is 0 Å². The molecule has 1 rings (SSSR count). The zero-order valence-corrected chi connectivity index (χ0v) is 7.84. The first-order valence-electron chi connectivity index (χ1n) is 3.80. The Morgan fingerprint density at radius 3 is 1.75 bits per heavy atom. The Hall–Kier alpha value is -0.650. The average Bonchev–Trinajstić information content (AvgIpc) is 2.35. The van der Waals surface area contributed by atoms with Crippen LogP contribution in [0.15, 0.2) is 0 Å². The summed E-state index contributed by atoms with van der Waals surface area (Å²) in [4.78, 5) is 8.80. The molecule has 0 unspecified atom stereocenters. The maximum atomic E-state index is 10.4. The van der Waals surface area contributed by atoms with Gasteiger partial charge in [0.15, 0.2) is 0 Å². The summed E-state index contributed by atoms with van der Waals surface area (Å²) >= 11 is 0. The minimum Gasteiger partial charge on any atom is -0.265 e. The molecule has 0 saturated carbocycles. The second kappa shape index (κ2) is 5.08. The second-order valence-corrected chi connectivity index (χ2v) is 4.81. The predicted molar refractivity (Wildman–Crippen MR) is 45.4 cm³/mol. The van der Waals surface area contributed by atoms with Gasteiger partial charge >= 0.3 is 0 Å². The topological polar surface area (TPSA) is 77.3 Å². The van der Waals surface area contributed by atoms with Crippen LogP contribution in [0.1, 0.15) is 19.8 Å². The number of sulfone groups is 1. The van der Waals surface area contributed by atoms with Crippen molar-refractivity contribution >= 4 is 9.84 Å². The van der Waals surface area contributed by atoms with Crippen LogP contribution >= 0.6 is 0 Å². The van der Waals surface area contributed by atoms with E-state index in [4.69, 9.17) is 0 Å². The molecular weight excluding hydrogens is 182 g/mol. The summed E-state index contributed by atoms with van der Waals surface area (Å²) in [7, 11) is -2.55. The van der Waals surface area contributed by atoms with Crippen LogP contribution in [0.3, 0.4) is 0 Å². The van der Waals surface area contributed by atoms with Crippen molar-refractivity contribution in [1.82, 2.24) is 0 Å². The molecule has 0 spiro atoms. The third-order valence-corrected chi connectivity index (χ3v) is 3.24. The van der Waals surface area contributed by atoms with Crippen molar-refractivity contribution < 1.29 is 13.3 Å². The van der Waals surface area contributed by atoms with E-state index < -0.39 is 9.84 Å². The summed E-state index contributed by atoms with van der Waals surface area (Å²) in [6.07, 6.45) is 1.75. The normalized spacial score (nSPS) is 19.4. The molecule has 5 nitrogen and oxygen atoms in total. The Morgan fingerprint density at radius 1 is 1.33 bits per heavy atom. The van der Waals surface area contributed by atoms with Crippen molar-refractivity contribution in [2.75, 3.05) is 18.1 Å². The van der Waals surface area contributed by atoms with Crippen LogP contribution in [0, 0.1) is 10.1 Å². The van der Waals surface area contributed by atoms with Crippen LogP contribution < -0.4 is 0 Å². The molecule has 1 fully saturated rings. The van der Waals surface area contributed by atoms with E-state index in [0.29, 0.717) is 11.5 Å². The maximum absolute atomic E-state index is 10.4. The van der Waals surface area contributed by atoms with Gasteiger partial charge in [0, 0.05) is 11.8 Å². The molecule has 0 bridgehead atoms. The van der Waals surface area contributed by atoms with Gasteiger partial charge < -0.3 is 0 Å². The molecule has 72 valence electrons. The lowest BCUT2D eigenvalue weighted by Crippen LogP contribution is -1.98. The third-order valence-electron chi connectivity index (χ3n) is 1.42. The summed E-state index contributed by atoms with van der Waals surface area (Å²) < 4.78 is 20.9. The smallest absolute Gasteiger partial charge is 0.201 e. The number of nitrogens with zero attached hydrogens (tertiary/aromatic N) is 1. The van der Waals surface area contributed by atoms with Crippen LogP contribution in [-0.4, -0.2) is 31.4 Å². The monoisotopic (exact) mass is 195 g/mol. The Morgan fingerprint density at radius 2 is 1.67 bits per heavy atom. The fraction of sp³-hybridized carbons (Fsp3) is 1.00. The zero-order chi connectivity index (χ0) is 9.61. The molecule has 1 aliphatic rings. The van der Waals surface area contributed by atoms with Crippen molar-refractivity contribution in [2.45, 2.75) is 19.8 Å². The van der Waals surface area contributed by atoms with E-state index in [1.807, 2.05) is 0 Å². The van der Waals surface area contributed by atoms with Crippen molar-refractivity contribution in [1.29, 1.82) is 0 Å². The highest BCUT2D eigenvalue weighted by molar-refractivity contribution is 7.91. The Kier molecular flexibility index (Phi) is 4.80. The van der Waals surface area contributed by atoms with E-state index in [9.17, 15) is 18.5 Å². The molecule has 0 aliphatic carbocycles. The van der Waals surface area contributed by atoms with Gasteiger partial charge in [-0.25, -0.2) is 8.42 Å². The summed E-state index contributed by atoms with van der Waals surface area (Å²) in [5.41, 5.74) is 0. The van der Waals surface area contributed by atoms with E-state index in [-0.39, 0.29) is 11.5 Å². The quantitative estimate of drug-likeness (QED) is 0.450. The maximum Gasteiger partial charge on any atom is 0.201 e. The summed E-state index contributed by atoms with van der Waals surface area (Å²) in [5.74, 6) is 0.847. The van der Waals surface area contributed by atoms with Crippen molar-refractivity contribution in [3.63, 3.8) is 0 Å². The SMILES string of the molecule is CC[N+](=O)[O-].O=S1(=O)CCCC1. The zero-order valence-electron chi connectivity index (χ0n) is 7.02. The summed E-state index contributed by atoms with van der Waals surface area (Å²) in [6, 6.07) is 0. The largest absolute Gasteiger partial charge is 0.265 e. The number of nitro groups is 1. The van der Waals surface area contributed by atoms with Crippen molar-refractivity contribution in [2.24, 2.45) is 0 Å². The van der Waals surface area contributed by atoms with E-state index >= 15 is 0 Å². The molecule has 1 saturated heterocycles. The highest BCUT2D eigenvalue weighted by Crippen LogP contribution is 2.08. The Labute approximate surface area is 71.8 Å². The molecule has 12 heavy (non-hydrogen) atoms. The van der Waals surface area contributed by atoms with Gasteiger partial charge in [-0.15, -0.1) is 0 Å². The predicted octanol–water partition coefficient (Wildman–Crippen LogP) is 0.478. The van der Waals surface area contributed by atoms with Gasteiger partial charge in [-0.3, -0.25) is 10.1 Å². The van der Waals surface area contributed by atoms with Gasteiger partial charge in [-0.05, 0) is 12.8 Å². The molecule has 1 aliphatic heterocycles. The second-order valence-electron chi connectivity index (χ2n) is 2.51. The number of hydrogen-bond donors (Lipinski definition) is 0. The fourth-order valence-corrected chi connectivity index (χ4v) is 2.24. The van der Waals surface area contributed by atoms with Gasteiger partial charge in [-0.2, -0.15) is 0 Å². The lowest BCUT2D eigenvalue weighted by atomic mass is 10.4. The number of hydrogen-bond acceptors (Lipinski definition) is 4. The minimum atomic E-state index is -2.55. The van der Waals surface area contributed by atoms with Gasteiger partial charge in [-0.1, -0.05) is 0 Å². The van der Waals surface area contributed by atoms with E-state index in [0.717, 1.165) is 12.8 Å². The summed E-state index contributed by atoms with van der Waals surface area (Å²) in [5, 5.41) is 9.17. The first-order valence-corrected chi connectivity index (χ1v) is 5.62. The highest BCUT2D eigenvalue weighted by atomic mass is 32.2. The van der Waals surface area contributed by atoms with Gasteiger partial charge in [0.25, 0.3) is 0 Å². The van der Waals surface area contributed by atoms with Crippen LogP contribution in [0.4, 0.5) is 0 Å². The third kappa shape index (κ3) is 6.09. The Balaban J connectivity index is 0.000000217. The van der Waals surface area contributed by atoms with Crippen LogP contribution in [0.25, 0.3) is 0 Å². The van der Waals surface area contributed by atoms with Gasteiger partial charge in [0.2, 0.25) is 6.54 Å². The lowest BCUT2D eigenvalue weighted by Gasteiger charge is -1.81. The highest BCUT2D eigenvalue weighted by Gasteiger charge is 2.16.